The van der Waals surface area contributed by atoms with Gasteiger partial charge >= 0.3 is 11.8 Å². The van der Waals surface area contributed by atoms with Gasteiger partial charge in [0.25, 0.3) is 0 Å². The topological polar surface area (TPSA) is 67.4 Å². The zero-order valence-electron chi connectivity index (χ0n) is 14.1. The van der Waals surface area contributed by atoms with Crippen molar-refractivity contribution in [3.63, 3.8) is 0 Å². The van der Waals surface area contributed by atoms with E-state index in [1.807, 2.05) is 32.0 Å². The van der Waals surface area contributed by atoms with E-state index < -0.39 is 11.8 Å². The second kappa shape index (κ2) is 8.15. The number of aryl methyl sites for hydroxylation is 1. The number of amides is 2. The number of methoxy groups -OCH3 is 1. The number of hydrogen-bond donors (Lipinski definition) is 2. The molecule has 0 heterocycles. The van der Waals surface area contributed by atoms with Crippen molar-refractivity contribution in [2.24, 2.45) is 0 Å². The van der Waals surface area contributed by atoms with Gasteiger partial charge in [0.2, 0.25) is 0 Å². The molecule has 24 heavy (non-hydrogen) atoms. The van der Waals surface area contributed by atoms with Gasteiger partial charge in [-0.05, 0) is 30.5 Å². The lowest BCUT2D eigenvalue weighted by molar-refractivity contribution is -0.136. The van der Waals surface area contributed by atoms with Crippen LogP contribution in [-0.4, -0.2) is 25.5 Å². The molecule has 0 aliphatic carbocycles. The number of hydrogen-bond acceptors (Lipinski definition) is 3. The Morgan fingerprint density at radius 1 is 1.08 bits per heavy atom. The van der Waals surface area contributed by atoms with Gasteiger partial charge in [-0.3, -0.25) is 9.59 Å². The maximum Gasteiger partial charge on any atom is 0.313 e. The van der Waals surface area contributed by atoms with E-state index in [4.69, 9.17) is 4.74 Å². The summed E-state index contributed by atoms with van der Waals surface area (Å²) >= 11 is 0. The van der Waals surface area contributed by atoms with Crippen LogP contribution in [0, 0.1) is 6.92 Å². The molecule has 2 amide bonds. The minimum absolute atomic E-state index is 0.118. The van der Waals surface area contributed by atoms with Gasteiger partial charge in [0.1, 0.15) is 5.75 Å². The van der Waals surface area contributed by atoms with Gasteiger partial charge in [-0.25, -0.2) is 0 Å². The maximum atomic E-state index is 12.0. The molecule has 5 nitrogen and oxygen atoms in total. The van der Waals surface area contributed by atoms with Gasteiger partial charge in [-0.2, -0.15) is 0 Å². The predicted octanol–water partition coefficient (Wildman–Crippen LogP) is 2.86. The van der Waals surface area contributed by atoms with Gasteiger partial charge < -0.3 is 15.4 Å². The fraction of sp³-hybridized carbons (Fsp3) is 0.263. The molecule has 1 atom stereocenters. The molecule has 2 rings (SSSR count). The monoisotopic (exact) mass is 326 g/mol. The van der Waals surface area contributed by atoms with Crippen LogP contribution in [0.25, 0.3) is 0 Å². The predicted molar refractivity (Wildman–Crippen MR) is 94.2 cm³/mol. The van der Waals surface area contributed by atoms with Crippen molar-refractivity contribution in [1.29, 1.82) is 0 Å². The smallest absolute Gasteiger partial charge is 0.313 e. The lowest BCUT2D eigenvalue weighted by atomic mass is 9.99. The highest BCUT2D eigenvalue weighted by Crippen LogP contribution is 2.22. The molecule has 5 heteroatoms. The van der Waals surface area contributed by atoms with E-state index in [2.05, 4.69) is 16.7 Å². The summed E-state index contributed by atoms with van der Waals surface area (Å²) in [5, 5.41) is 5.22. The van der Waals surface area contributed by atoms with Crippen LogP contribution >= 0.6 is 0 Å². The first kappa shape index (κ1) is 17.5. The number of ether oxygens (including phenoxy) is 1. The first-order chi connectivity index (χ1) is 11.5. The highest BCUT2D eigenvalue weighted by molar-refractivity contribution is 6.39. The van der Waals surface area contributed by atoms with Crippen LogP contribution in [0.15, 0.2) is 48.5 Å². The van der Waals surface area contributed by atoms with Crippen molar-refractivity contribution < 1.29 is 14.3 Å². The fourth-order valence-electron chi connectivity index (χ4n) is 2.35. The molecular formula is C19H22N2O3. The Balaban J connectivity index is 1.91. The highest BCUT2D eigenvalue weighted by atomic mass is 16.5. The molecule has 0 spiro atoms. The van der Waals surface area contributed by atoms with Crippen LogP contribution in [0.4, 0.5) is 5.69 Å². The van der Waals surface area contributed by atoms with Crippen molar-refractivity contribution >= 4 is 17.5 Å². The lowest BCUT2D eigenvalue weighted by Crippen LogP contribution is -2.37. The minimum atomic E-state index is -0.712. The van der Waals surface area contributed by atoms with Crippen LogP contribution in [-0.2, 0) is 9.59 Å². The van der Waals surface area contributed by atoms with E-state index in [-0.39, 0.29) is 5.92 Å². The fourth-order valence-corrected chi connectivity index (χ4v) is 2.35. The van der Waals surface area contributed by atoms with Crippen molar-refractivity contribution in [2.75, 3.05) is 19.0 Å². The Kier molecular flexibility index (Phi) is 5.95. The Hall–Kier alpha value is -2.82. The van der Waals surface area contributed by atoms with Crippen LogP contribution in [0.1, 0.15) is 24.0 Å². The molecule has 2 aromatic rings. The molecule has 0 saturated carbocycles. The third-order valence-electron chi connectivity index (χ3n) is 3.74. The molecule has 2 aromatic carbocycles. The van der Waals surface area contributed by atoms with Gasteiger partial charge in [0.05, 0.1) is 12.8 Å². The normalized spacial score (nSPS) is 11.5. The van der Waals surface area contributed by atoms with E-state index >= 15 is 0 Å². The summed E-state index contributed by atoms with van der Waals surface area (Å²) < 4.78 is 5.15. The minimum Gasteiger partial charge on any atom is -0.495 e. The van der Waals surface area contributed by atoms with Gasteiger partial charge in [0.15, 0.2) is 0 Å². The Bertz CT molecular complexity index is 728. The van der Waals surface area contributed by atoms with Gasteiger partial charge in [-0.15, -0.1) is 0 Å². The second-order valence-electron chi connectivity index (χ2n) is 5.68. The summed E-state index contributed by atoms with van der Waals surface area (Å²) in [6, 6.07) is 15.0. The molecule has 1 unspecified atom stereocenters. The Morgan fingerprint density at radius 2 is 1.83 bits per heavy atom. The average Bonchev–Trinajstić information content (AvgIpc) is 2.59. The number of rotatable bonds is 5. The van der Waals surface area contributed by atoms with E-state index in [0.29, 0.717) is 18.0 Å². The largest absolute Gasteiger partial charge is 0.495 e. The summed E-state index contributed by atoms with van der Waals surface area (Å²) in [6.07, 6.45) is 0. The molecule has 0 fully saturated rings. The zero-order valence-corrected chi connectivity index (χ0v) is 14.1. The van der Waals surface area contributed by atoms with Crippen LogP contribution in [0.2, 0.25) is 0 Å². The number of carbonyl (C=O) groups is 2. The number of carbonyl (C=O) groups excluding carboxylic acids is 2. The maximum absolute atomic E-state index is 12.0. The number of nitrogens with one attached hydrogen (secondary N) is 2. The van der Waals surface area contributed by atoms with E-state index in [1.54, 1.807) is 24.3 Å². The first-order valence-corrected chi connectivity index (χ1v) is 7.80. The van der Waals surface area contributed by atoms with Crippen LogP contribution < -0.4 is 15.4 Å². The number of para-hydroxylation sites is 2. The van der Waals surface area contributed by atoms with Crippen molar-refractivity contribution in [3.8, 4) is 5.75 Å². The molecule has 0 bridgehead atoms. The van der Waals surface area contributed by atoms with Crippen LogP contribution in [0.3, 0.4) is 0 Å². The zero-order chi connectivity index (χ0) is 17.5. The second-order valence-corrected chi connectivity index (χ2v) is 5.68. The quantitative estimate of drug-likeness (QED) is 0.830. The van der Waals surface area contributed by atoms with Gasteiger partial charge in [-0.1, -0.05) is 48.9 Å². The van der Waals surface area contributed by atoms with Crippen molar-refractivity contribution in [1.82, 2.24) is 5.32 Å². The molecule has 2 N–H and O–H groups in total. The van der Waals surface area contributed by atoms with Crippen molar-refractivity contribution in [3.05, 3.63) is 59.7 Å². The Morgan fingerprint density at radius 3 is 2.54 bits per heavy atom. The third-order valence-corrected chi connectivity index (χ3v) is 3.74. The summed E-state index contributed by atoms with van der Waals surface area (Å²) in [5.74, 6) is -0.754. The highest BCUT2D eigenvalue weighted by Gasteiger charge is 2.16. The average molecular weight is 326 g/mol. The third kappa shape index (κ3) is 4.59. The van der Waals surface area contributed by atoms with E-state index in [9.17, 15) is 9.59 Å². The van der Waals surface area contributed by atoms with Gasteiger partial charge in [0, 0.05) is 6.54 Å². The summed E-state index contributed by atoms with van der Waals surface area (Å²) in [5.41, 5.74) is 2.76. The molecule has 0 aliphatic heterocycles. The van der Waals surface area contributed by atoms with E-state index in [0.717, 1.165) is 5.56 Å². The SMILES string of the molecule is COc1ccccc1NC(=O)C(=O)NCC(C)c1cccc(C)c1. The molecule has 0 aliphatic rings. The Labute approximate surface area is 142 Å². The van der Waals surface area contributed by atoms with Crippen LogP contribution in [0.5, 0.6) is 5.75 Å². The lowest BCUT2D eigenvalue weighted by Gasteiger charge is -2.14. The molecule has 0 aromatic heterocycles. The number of anilines is 1. The molecule has 0 radical (unpaired) electrons. The number of benzene rings is 2. The first-order valence-electron chi connectivity index (χ1n) is 7.80. The summed E-state index contributed by atoms with van der Waals surface area (Å²) in [4.78, 5) is 24.0. The summed E-state index contributed by atoms with van der Waals surface area (Å²) in [6.45, 7) is 4.42. The molecule has 126 valence electrons. The summed E-state index contributed by atoms with van der Waals surface area (Å²) in [7, 11) is 1.51. The van der Waals surface area contributed by atoms with Crippen molar-refractivity contribution in [2.45, 2.75) is 19.8 Å². The van der Waals surface area contributed by atoms with E-state index in [1.165, 1.54) is 12.7 Å². The molecular weight excluding hydrogens is 304 g/mol. The standard InChI is InChI=1S/C19H22N2O3/c1-13-7-6-8-15(11-13)14(2)12-20-18(22)19(23)21-16-9-4-5-10-17(16)24-3/h4-11,14H,12H2,1-3H3,(H,20,22)(H,21,23). The molecule has 0 saturated heterocycles.